The molecule has 130 valence electrons. The van der Waals surface area contributed by atoms with E-state index in [1.165, 1.54) is 6.21 Å². The predicted octanol–water partition coefficient (Wildman–Crippen LogP) is 3.97. The van der Waals surface area contributed by atoms with Crippen molar-refractivity contribution >= 4 is 23.6 Å². The summed E-state index contributed by atoms with van der Waals surface area (Å²) >= 11 is 0. The summed E-state index contributed by atoms with van der Waals surface area (Å²) < 4.78 is 0. The smallest absolute Gasteiger partial charge is 0.229 e. The fraction of sp³-hybridized carbons (Fsp3) is 0.0952. The van der Waals surface area contributed by atoms with Gasteiger partial charge in [0, 0.05) is 30.1 Å². The van der Waals surface area contributed by atoms with Crippen molar-refractivity contribution in [2.24, 2.45) is 0 Å². The van der Waals surface area contributed by atoms with E-state index in [4.69, 9.17) is 5.41 Å². The monoisotopic (exact) mass is 344 g/mol. The zero-order valence-electron chi connectivity index (χ0n) is 14.5. The fourth-order valence-electron chi connectivity index (χ4n) is 2.70. The highest BCUT2D eigenvalue weighted by Crippen LogP contribution is 2.24. The number of carbonyl (C=O) groups excluding carboxylic acids is 1. The van der Waals surface area contributed by atoms with Crippen LogP contribution in [0.1, 0.15) is 11.1 Å². The van der Waals surface area contributed by atoms with Gasteiger partial charge in [-0.3, -0.25) is 4.79 Å². The minimum absolute atomic E-state index is 0.105. The SMILES string of the molecule is CNc1ccc(-c2cccc(NC(=O)Cc3ccccc3)n2)cc1C=N. The summed E-state index contributed by atoms with van der Waals surface area (Å²) in [7, 11) is 1.82. The van der Waals surface area contributed by atoms with Gasteiger partial charge in [0.15, 0.2) is 0 Å². The number of hydrogen-bond acceptors (Lipinski definition) is 4. The molecule has 3 rings (SSSR count). The molecule has 0 atom stereocenters. The van der Waals surface area contributed by atoms with Crippen LogP contribution in [0.5, 0.6) is 0 Å². The summed E-state index contributed by atoms with van der Waals surface area (Å²) in [6, 6.07) is 20.9. The first-order chi connectivity index (χ1) is 12.7. The van der Waals surface area contributed by atoms with Crippen LogP contribution in [-0.2, 0) is 11.2 Å². The first kappa shape index (κ1) is 17.4. The zero-order chi connectivity index (χ0) is 18.4. The second-order valence-corrected chi connectivity index (χ2v) is 5.81. The lowest BCUT2D eigenvalue weighted by atomic mass is 10.1. The summed E-state index contributed by atoms with van der Waals surface area (Å²) in [4.78, 5) is 16.8. The van der Waals surface area contributed by atoms with E-state index in [1.54, 1.807) is 6.07 Å². The van der Waals surface area contributed by atoms with Crippen LogP contribution in [0.2, 0.25) is 0 Å². The van der Waals surface area contributed by atoms with Gasteiger partial charge in [-0.05, 0) is 29.8 Å². The average Bonchev–Trinajstić information content (AvgIpc) is 2.68. The molecule has 0 saturated carbocycles. The van der Waals surface area contributed by atoms with Gasteiger partial charge in [-0.15, -0.1) is 0 Å². The Morgan fingerprint density at radius 3 is 2.62 bits per heavy atom. The number of anilines is 2. The number of benzene rings is 2. The second kappa shape index (κ2) is 8.07. The van der Waals surface area contributed by atoms with Gasteiger partial charge in [0.2, 0.25) is 5.91 Å². The quantitative estimate of drug-likeness (QED) is 0.592. The van der Waals surface area contributed by atoms with Crippen LogP contribution in [0.15, 0.2) is 66.7 Å². The molecule has 0 aliphatic rings. The average molecular weight is 344 g/mol. The van der Waals surface area contributed by atoms with Crippen LogP contribution in [0.25, 0.3) is 11.3 Å². The van der Waals surface area contributed by atoms with Crippen molar-refractivity contribution in [3.05, 3.63) is 77.9 Å². The highest BCUT2D eigenvalue weighted by atomic mass is 16.1. The lowest BCUT2D eigenvalue weighted by molar-refractivity contribution is -0.115. The lowest BCUT2D eigenvalue weighted by Gasteiger charge is -2.09. The maximum atomic E-state index is 12.2. The molecular formula is C21H20N4O. The van der Waals surface area contributed by atoms with E-state index in [0.717, 1.165) is 28.1 Å². The molecule has 3 N–H and O–H groups in total. The number of hydrogen-bond donors (Lipinski definition) is 3. The molecule has 1 heterocycles. The molecule has 1 amide bonds. The minimum Gasteiger partial charge on any atom is -0.388 e. The Morgan fingerprint density at radius 1 is 1.08 bits per heavy atom. The molecule has 0 spiro atoms. The lowest BCUT2D eigenvalue weighted by Crippen LogP contribution is -2.15. The molecule has 0 fully saturated rings. The van der Waals surface area contributed by atoms with Crippen molar-refractivity contribution in [3.63, 3.8) is 0 Å². The Bertz CT molecular complexity index is 922. The maximum Gasteiger partial charge on any atom is 0.229 e. The van der Waals surface area contributed by atoms with Gasteiger partial charge in [0.1, 0.15) is 5.82 Å². The topological polar surface area (TPSA) is 77.9 Å². The van der Waals surface area contributed by atoms with Gasteiger partial charge in [0.05, 0.1) is 12.1 Å². The Balaban J connectivity index is 1.78. The molecule has 0 aliphatic heterocycles. The van der Waals surface area contributed by atoms with Crippen molar-refractivity contribution in [1.29, 1.82) is 5.41 Å². The van der Waals surface area contributed by atoms with Crippen LogP contribution in [-0.4, -0.2) is 24.2 Å². The van der Waals surface area contributed by atoms with Crippen LogP contribution >= 0.6 is 0 Å². The first-order valence-electron chi connectivity index (χ1n) is 8.33. The number of nitrogens with one attached hydrogen (secondary N) is 3. The Kier molecular flexibility index (Phi) is 5.39. The first-order valence-corrected chi connectivity index (χ1v) is 8.33. The highest BCUT2D eigenvalue weighted by molar-refractivity contribution is 5.92. The molecule has 0 aliphatic carbocycles. The number of pyridine rings is 1. The van der Waals surface area contributed by atoms with E-state index >= 15 is 0 Å². The Hall–Kier alpha value is -3.47. The molecule has 2 aromatic carbocycles. The number of rotatable bonds is 6. The molecule has 0 unspecified atom stereocenters. The van der Waals surface area contributed by atoms with Crippen molar-refractivity contribution < 1.29 is 4.79 Å². The molecular weight excluding hydrogens is 324 g/mol. The Labute approximate surface area is 152 Å². The van der Waals surface area contributed by atoms with Crippen molar-refractivity contribution in [1.82, 2.24) is 4.98 Å². The third-order valence-electron chi connectivity index (χ3n) is 4.00. The van der Waals surface area contributed by atoms with E-state index in [1.807, 2.05) is 67.7 Å². The minimum atomic E-state index is -0.105. The van der Waals surface area contributed by atoms with E-state index in [-0.39, 0.29) is 5.91 Å². The van der Waals surface area contributed by atoms with Gasteiger partial charge in [-0.2, -0.15) is 0 Å². The molecule has 5 heteroatoms. The molecule has 5 nitrogen and oxygen atoms in total. The molecule has 26 heavy (non-hydrogen) atoms. The van der Waals surface area contributed by atoms with Crippen LogP contribution < -0.4 is 10.6 Å². The number of amides is 1. The summed E-state index contributed by atoms with van der Waals surface area (Å²) in [6.45, 7) is 0. The van der Waals surface area contributed by atoms with Crippen LogP contribution in [0, 0.1) is 5.41 Å². The van der Waals surface area contributed by atoms with Gasteiger partial charge >= 0.3 is 0 Å². The van der Waals surface area contributed by atoms with E-state index in [0.29, 0.717) is 12.2 Å². The summed E-state index contributed by atoms with van der Waals surface area (Å²) in [6.07, 6.45) is 1.61. The molecule has 0 saturated heterocycles. The van der Waals surface area contributed by atoms with E-state index in [2.05, 4.69) is 15.6 Å². The van der Waals surface area contributed by atoms with Gasteiger partial charge in [-0.1, -0.05) is 42.5 Å². The van der Waals surface area contributed by atoms with Gasteiger partial charge in [0.25, 0.3) is 0 Å². The van der Waals surface area contributed by atoms with E-state index < -0.39 is 0 Å². The largest absolute Gasteiger partial charge is 0.388 e. The second-order valence-electron chi connectivity index (χ2n) is 5.81. The van der Waals surface area contributed by atoms with Crippen molar-refractivity contribution in [2.45, 2.75) is 6.42 Å². The normalized spacial score (nSPS) is 10.2. The number of aromatic nitrogens is 1. The molecule has 1 aromatic heterocycles. The summed E-state index contributed by atoms with van der Waals surface area (Å²) in [5.74, 6) is 0.407. The summed E-state index contributed by atoms with van der Waals surface area (Å²) in [5, 5.41) is 13.4. The fourth-order valence-corrected chi connectivity index (χ4v) is 2.70. The van der Waals surface area contributed by atoms with Gasteiger partial charge < -0.3 is 16.0 Å². The Morgan fingerprint density at radius 2 is 1.88 bits per heavy atom. The zero-order valence-corrected chi connectivity index (χ0v) is 14.5. The van der Waals surface area contributed by atoms with E-state index in [9.17, 15) is 4.79 Å². The standard InChI is InChI=1S/C21H20N4O/c1-23-18-11-10-16(13-17(18)14-22)19-8-5-9-20(24-19)25-21(26)12-15-6-3-2-4-7-15/h2-11,13-14,22-23H,12H2,1H3,(H,24,25,26). The van der Waals surface area contributed by atoms with Gasteiger partial charge in [-0.25, -0.2) is 4.98 Å². The number of nitrogens with zero attached hydrogens (tertiary/aromatic N) is 1. The van der Waals surface area contributed by atoms with Crippen LogP contribution in [0.4, 0.5) is 11.5 Å². The highest BCUT2D eigenvalue weighted by Gasteiger charge is 2.08. The molecule has 3 aromatic rings. The number of carbonyl (C=O) groups is 1. The predicted molar refractivity (Wildman–Crippen MR) is 106 cm³/mol. The third-order valence-corrected chi connectivity index (χ3v) is 4.00. The summed E-state index contributed by atoms with van der Waals surface area (Å²) in [5.41, 5.74) is 4.26. The third kappa shape index (κ3) is 4.13. The molecule has 0 bridgehead atoms. The maximum absolute atomic E-state index is 12.2. The van der Waals surface area contributed by atoms with Crippen molar-refractivity contribution in [2.75, 3.05) is 17.7 Å². The molecule has 0 radical (unpaired) electrons. The van der Waals surface area contributed by atoms with Crippen molar-refractivity contribution in [3.8, 4) is 11.3 Å². The van der Waals surface area contributed by atoms with Crippen LogP contribution in [0.3, 0.4) is 0 Å².